The Balaban J connectivity index is 2.21. The van der Waals surface area contributed by atoms with Crippen molar-refractivity contribution < 1.29 is 4.79 Å². The van der Waals surface area contributed by atoms with E-state index in [-0.39, 0.29) is 6.03 Å². The summed E-state index contributed by atoms with van der Waals surface area (Å²) in [5, 5.41) is 3.07. The third kappa shape index (κ3) is 4.57. The Hall–Kier alpha value is -0.730. The van der Waals surface area contributed by atoms with E-state index in [1.165, 1.54) is 32.1 Å². The number of rotatable bonds is 5. The van der Waals surface area contributed by atoms with Crippen LogP contribution in [0, 0.1) is 11.8 Å². The third-order valence-electron chi connectivity index (χ3n) is 4.14. The molecule has 0 saturated heterocycles. The van der Waals surface area contributed by atoms with Gasteiger partial charge in [0.25, 0.3) is 0 Å². The molecule has 1 rings (SSSR count). The molecule has 0 radical (unpaired) electrons. The van der Waals surface area contributed by atoms with Crippen LogP contribution in [0.5, 0.6) is 0 Å². The van der Waals surface area contributed by atoms with Gasteiger partial charge in [-0.25, -0.2) is 4.79 Å². The smallest absolute Gasteiger partial charge is 0.317 e. The van der Waals surface area contributed by atoms with E-state index < -0.39 is 0 Å². The van der Waals surface area contributed by atoms with Gasteiger partial charge in [-0.1, -0.05) is 26.2 Å². The number of amides is 2. The highest BCUT2D eigenvalue weighted by atomic mass is 16.2. The van der Waals surface area contributed by atoms with Crippen LogP contribution >= 0.6 is 0 Å². The van der Waals surface area contributed by atoms with Crippen LogP contribution in [-0.4, -0.2) is 30.6 Å². The fraction of sp³-hybridized carbons (Fsp3) is 0.929. The van der Waals surface area contributed by atoms with Crippen LogP contribution in [0.3, 0.4) is 0 Å². The molecule has 1 aliphatic carbocycles. The molecule has 0 unspecified atom stereocenters. The van der Waals surface area contributed by atoms with E-state index in [2.05, 4.69) is 12.2 Å². The number of nitrogens with zero attached hydrogens (tertiary/aromatic N) is 1. The molecule has 0 aliphatic heterocycles. The predicted octanol–water partition coefficient (Wildman–Crippen LogP) is 3.25. The Kier molecular flexibility index (Phi) is 6.38. The number of carbonyl (C=O) groups is 1. The van der Waals surface area contributed by atoms with Crippen LogP contribution in [0.15, 0.2) is 0 Å². The first kappa shape index (κ1) is 14.3. The Morgan fingerprint density at radius 3 is 2.06 bits per heavy atom. The van der Waals surface area contributed by atoms with E-state index in [4.69, 9.17) is 0 Å². The van der Waals surface area contributed by atoms with Gasteiger partial charge in [-0.2, -0.15) is 0 Å². The van der Waals surface area contributed by atoms with Crippen molar-refractivity contribution in [2.24, 2.45) is 11.8 Å². The number of hydrogen-bond donors (Lipinski definition) is 1. The average molecular weight is 240 g/mol. The zero-order chi connectivity index (χ0) is 12.7. The maximum atomic E-state index is 11.8. The summed E-state index contributed by atoms with van der Waals surface area (Å²) < 4.78 is 0. The minimum absolute atomic E-state index is 0.104. The summed E-state index contributed by atoms with van der Waals surface area (Å²) >= 11 is 0. The van der Waals surface area contributed by atoms with Gasteiger partial charge in [0.2, 0.25) is 0 Å². The monoisotopic (exact) mass is 240 g/mol. The van der Waals surface area contributed by atoms with Gasteiger partial charge in [0.15, 0.2) is 0 Å². The van der Waals surface area contributed by atoms with Crippen molar-refractivity contribution in [1.82, 2.24) is 10.2 Å². The Morgan fingerprint density at radius 2 is 1.59 bits per heavy atom. The average Bonchev–Trinajstić information content (AvgIpc) is 2.38. The van der Waals surface area contributed by atoms with Crippen LogP contribution in [0.2, 0.25) is 0 Å². The van der Waals surface area contributed by atoms with Gasteiger partial charge in [0, 0.05) is 19.6 Å². The van der Waals surface area contributed by atoms with Crippen molar-refractivity contribution >= 4 is 6.03 Å². The molecule has 0 atom stereocenters. The molecule has 17 heavy (non-hydrogen) atoms. The summed E-state index contributed by atoms with van der Waals surface area (Å²) in [7, 11) is 0. The van der Waals surface area contributed by atoms with Crippen molar-refractivity contribution in [3.63, 3.8) is 0 Å². The van der Waals surface area contributed by atoms with Gasteiger partial charge in [-0.15, -0.1) is 0 Å². The molecule has 0 bridgehead atoms. The summed E-state index contributed by atoms with van der Waals surface area (Å²) in [5.74, 6) is 1.64. The van der Waals surface area contributed by atoms with E-state index in [1.54, 1.807) is 0 Å². The number of hydrogen-bond acceptors (Lipinski definition) is 1. The molecular formula is C14H28N2O. The van der Waals surface area contributed by atoms with Crippen molar-refractivity contribution in [2.45, 2.75) is 52.9 Å². The van der Waals surface area contributed by atoms with Crippen LogP contribution < -0.4 is 5.32 Å². The normalized spacial score (nSPS) is 24.4. The van der Waals surface area contributed by atoms with Gasteiger partial charge in [0.1, 0.15) is 0 Å². The fourth-order valence-electron chi connectivity index (χ4n) is 2.70. The first-order chi connectivity index (χ1) is 8.21. The molecule has 1 fully saturated rings. The highest BCUT2D eigenvalue weighted by Crippen LogP contribution is 2.30. The minimum atomic E-state index is 0.104. The van der Waals surface area contributed by atoms with E-state index in [0.29, 0.717) is 5.92 Å². The largest absolute Gasteiger partial charge is 0.338 e. The lowest BCUT2D eigenvalue weighted by Crippen LogP contribution is -2.42. The zero-order valence-electron chi connectivity index (χ0n) is 11.7. The number of carbonyl (C=O) groups excluding carboxylic acids is 1. The second-order valence-corrected chi connectivity index (χ2v) is 5.15. The molecule has 0 aromatic rings. The van der Waals surface area contributed by atoms with E-state index in [1.807, 2.05) is 18.7 Å². The highest BCUT2D eigenvalue weighted by Gasteiger charge is 2.20. The molecule has 1 aliphatic rings. The molecule has 0 spiro atoms. The minimum Gasteiger partial charge on any atom is -0.338 e. The van der Waals surface area contributed by atoms with E-state index in [0.717, 1.165) is 25.6 Å². The maximum Gasteiger partial charge on any atom is 0.317 e. The lowest BCUT2D eigenvalue weighted by atomic mass is 9.81. The molecule has 0 aromatic carbocycles. The summed E-state index contributed by atoms with van der Waals surface area (Å²) in [6.45, 7) is 8.79. The molecule has 1 saturated carbocycles. The lowest BCUT2D eigenvalue weighted by molar-refractivity contribution is 0.196. The quantitative estimate of drug-likeness (QED) is 0.786. The van der Waals surface area contributed by atoms with Gasteiger partial charge in [-0.05, 0) is 38.5 Å². The molecule has 0 aromatic heterocycles. The Morgan fingerprint density at radius 1 is 1.06 bits per heavy atom. The lowest BCUT2D eigenvalue weighted by Gasteiger charge is -2.28. The number of nitrogens with one attached hydrogen (secondary N) is 1. The van der Waals surface area contributed by atoms with Crippen LogP contribution in [-0.2, 0) is 0 Å². The van der Waals surface area contributed by atoms with E-state index >= 15 is 0 Å². The van der Waals surface area contributed by atoms with Crippen molar-refractivity contribution in [1.29, 1.82) is 0 Å². The topological polar surface area (TPSA) is 32.3 Å². The van der Waals surface area contributed by atoms with E-state index in [9.17, 15) is 4.79 Å². The molecule has 3 heteroatoms. The first-order valence-electron chi connectivity index (χ1n) is 7.23. The Labute approximate surface area is 106 Å². The second-order valence-electron chi connectivity index (χ2n) is 5.15. The van der Waals surface area contributed by atoms with Crippen molar-refractivity contribution in [2.75, 3.05) is 19.6 Å². The van der Waals surface area contributed by atoms with Crippen LogP contribution in [0.4, 0.5) is 4.79 Å². The first-order valence-corrected chi connectivity index (χ1v) is 7.23. The molecule has 2 amide bonds. The Bertz CT molecular complexity index is 218. The molecule has 1 N–H and O–H groups in total. The van der Waals surface area contributed by atoms with Gasteiger partial charge in [0.05, 0.1) is 0 Å². The molecular weight excluding hydrogens is 212 g/mol. The fourth-order valence-corrected chi connectivity index (χ4v) is 2.70. The number of urea groups is 1. The van der Waals surface area contributed by atoms with Gasteiger partial charge < -0.3 is 10.2 Å². The summed E-state index contributed by atoms with van der Waals surface area (Å²) in [6, 6.07) is 0.104. The standard InChI is InChI=1S/C14H28N2O/c1-4-12-7-9-13(10-8-12)11-15-14(17)16(5-2)6-3/h12-13H,4-11H2,1-3H3,(H,15,17). The third-order valence-corrected chi connectivity index (χ3v) is 4.14. The summed E-state index contributed by atoms with van der Waals surface area (Å²) in [5.41, 5.74) is 0. The van der Waals surface area contributed by atoms with Crippen LogP contribution in [0.1, 0.15) is 52.9 Å². The predicted molar refractivity (Wildman–Crippen MR) is 72.1 cm³/mol. The van der Waals surface area contributed by atoms with Crippen molar-refractivity contribution in [3.8, 4) is 0 Å². The SMILES string of the molecule is CCC1CCC(CNC(=O)N(CC)CC)CC1. The van der Waals surface area contributed by atoms with Crippen LogP contribution in [0.25, 0.3) is 0 Å². The van der Waals surface area contributed by atoms with Gasteiger partial charge >= 0.3 is 6.03 Å². The molecule has 100 valence electrons. The highest BCUT2D eigenvalue weighted by molar-refractivity contribution is 5.74. The molecule has 0 heterocycles. The maximum absolute atomic E-state index is 11.8. The van der Waals surface area contributed by atoms with Gasteiger partial charge in [-0.3, -0.25) is 0 Å². The zero-order valence-corrected chi connectivity index (χ0v) is 11.7. The second kappa shape index (κ2) is 7.57. The van der Waals surface area contributed by atoms with Crippen molar-refractivity contribution in [3.05, 3.63) is 0 Å². The summed E-state index contributed by atoms with van der Waals surface area (Å²) in [4.78, 5) is 13.6. The summed E-state index contributed by atoms with van der Waals surface area (Å²) in [6.07, 6.45) is 6.59. The molecule has 3 nitrogen and oxygen atoms in total.